The molecule has 56 valence electrons. The van der Waals surface area contributed by atoms with Gasteiger partial charge in [0.25, 0.3) is 0 Å². The van der Waals surface area contributed by atoms with E-state index in [9.17, 15) is 13.2 Å². The van der Waals surface area contributed by atoms with Gasteiger partial charge in [0.15, 0.2) is 0 Å². The maximum atomic E-state index is 11.2. The van der Waals surface area contributed by atoms with E-state index >= 15 is 0 Å². The van der Waals surface area contributed by atoms with Crippen LogP contribution >= 0.6 is 0 Å². The molecule has 5 heteroatoms. The summed E-state index contributed by atoms with van der Waals surface area (Å²) in [5, 5.41) is 9.32. The Hall–Kier alpha value is -0.290. The van der Waals surface area contributed by atoms with Crippen molar-refractivity contribution >= 4 is 0 Å². The van der Waals surface area contributed by atoms with Gasteiger partial charge in [0, 0.05) is 13.2 Å². The number of rotatable bonds is 3. The van der Waals surface area contributed by atoms with Gasteiger partial charge in [-0.05, 0) is 6.42 Å². The van der Waals surface area contributed by atoms with Crippen molar-refractivity contribution in [3.63, 3.8) is 0 Å². The molecule has 2 N–H and O–H groups in total. The first kappa shape index (κ1) is 8.71. The van der Waals surface area contributed by atoms with Gasteiger partial charge in [0.1, 0.15) is 0 Å². The van der Waals surface area contributed by atoms with Crippen LogP contribution in [-0.2, 0) is 0 Å². The molecular formula is C4H8F3NO. The molecule has 0 aliphatic heterocycles. The molecule has 0 aromatic heterocycles. The number of hydrogen-bond acceptors (Lipinski definition) is 2. The summed E-state index contributed by atoms with van der Waals surface area (Å²) < 4.78 is 33.6. The zero-order valence-corrected chi connectivity index (χ0v) is 4.70. The van der Waals surface area contributed by atoms with Crippen molar-refractivity contribution in [2.75, 3.05) is 13.2 Å². The van der Waals surface area contributed by atoms with Crippen molar-refractivity contribution in [1.29, 1.82) is 0 Å². The molecule has 0 radical (unpaired) electrons. The minimum absolute atomic E-state index is 0.125. The molecule has 0 rings (SSSR count). The van der Waals surface area contributed by atoms with Gasteiger partial charge in [-0.3, -0.25) is 0 Å². The highest BCUT2D eigenvalue weighted by Gasteiger charge is 2.25. The minimum Gasteiger partial charge on any atom is -0.396 e. The molecule has 0 bridgehead atoms. The van der Waals surface area contributed by atoms with Gasteiger partial charge < -0.3 is 5.11 Å². The monoisotopic (exact) mass is 143 g/mol. The maximum Gasteiger partial charge on any atom is 0.457 e. The molecule has 0 atom stereocenters. The second kappa shape index (κ2) is 3.68. The zero-order chi connectivity index (χ0) is 7.33. The number of nitrogens with one attached hydrogen (secondary N) is 1. The lowest BCUT2D eigenvalue weighted by molar-refractivity contribution is -0.156. The van der Waals surface area contributed by atoms with Gasteiger partial charge in [-0.1, -0.05) is 0 Å². The number of alkyl halides is 3. The molecule has 0 fully saturated rings. The molecule has 9 heavy (non-hydrogen) atoms. The third kappa shape index (κ3) is 7.71. The van der Waals surface area contributed by atoms with Crippen LogP contribution in [0.1, 0.15) is 6.42 Å². The predicted octanol–water partition coefficient (Wildman–Crippen LogP) is 0.478. The molecule has 0 aromatic carbocycles. The smallest absolute Gasteiger partial charge is 0.396 e. The molecular weight excluding hydrogens is 135 g/mol. The normalized spacial score (nSPS) is 12.0. The Labute approximate surface area is 50.7 Å². The summed E-state index contributed by atoms with van der Waals surface area (Å²) in [6.45, 7) is -0.441. The van der Waals surface area contributed by atoms with Crippen LogP contribution in [0.2, 0.25) is 0 Å². The number of aliphatic hydroxyl groups excluding tert-OH is 1. The third-order valence-corrected chi connectivity index (χ3v) is 0.660. The number of aliphatic hydroxyl groups is 1. The van der Waals surface area contributed by atoms with Crippen LogP contribution in [0.5, 0.6) is 0 Å². The highest BCUT2D eigenvalue weighted by molar-refractivity contribution is 4.47. The molecule has 0 saturated carbocycles. The molecule has 0 aliphatic carbocycles. The lowest BCUT2D eigenvalue weighted by Gasteiger charge is -2.05. The lowest BCUT2D eigenvalue weighted by Crippen LogP contribution is -2.32. The van der Waals surface area contributed by atoms with E-state index in [0.29, 0.717) is 0 Å². The van der Waals surface area contributed by atoms with E-state index in [-0.39, 0.29) is 19.6 Å². The van der Waals surface area contributed by atoms with Crippen LogP contribution in [0, 0.1) is 0 Å². The van der Waals surface area contributed by atoms with E-state index in [1.807, 2.05) is 0 Å². The Bertz CT molecular complexity index is 72.7. The van der Waals surface area contributed by atoms with Crippen molar-refractivity contribution in [2.24, 2.45) is 0 Å². The second-order valence-corrected chi connectivity index (χ2v) is 1.50. The fourth-order valence-electron chi connectivity index (χ4n) is 0.309. The van der Waals surface area contributed by atoms with Crippen molar-refractivity contribution in [3.05, 3.63) is 0 Å². The zero-order valence-electron chi connectivity index (χ0n) is 4.70. The van der Waals surface area contributed by atoms with Crippen molar-refractivity contribution in [1.82, 2.24) is 5.32 Å². The van der Waals surface area contributed by atoms with E-state index in [2.05, 4.69) is 0 Å². The molecule has 0 aromatic rings. The van der Waals surface area contributed by atoms with Gasteiger partial charge in [-0.15, -0.1) is 0 Å². The van der Waals surface area contributed by atoms with Crippen LogP contribution in [0.15, 0.2) is 0 Å². The standard InChI is InChI=1S/C4H8F3NO/c5-4(6,7)8-2-1-3-9/h8-9H,1-3H2. The molecule has 2 nitrogen and oxygen atoms in total. The van der Waals surface area contributed by atoms with Crippen molar-refractivity contribution in [2.45, 2.75) is 12.7 Å². The summed E-state index contributed by atoms with van der Waals surface area (Å²) in [4.78, 5) is 0. The molecule has 0 heterocycles. The Kier molecular flexibility index (Phi) is 3.56. The lowest BCUT2D eigenvalue weighted by atomic mass is 10.5. The van der Waals surface area contributed by atoms with Crippen LogP contribution < -0.4 is 5.32 Å². The van der Waals surface area contributed by atoms with Crippen LogP contribution in [0.4, 0.5) is 13.2 Å². The summed E-state index contributed by atoms with van der Waals surface area (Å²) in [5.74, 6) is 0. The van der Waals surface area contributed by atoms with Gasteiger partial charge in [-0.25, -0.2) is 5.32 Å². The SMILES string of the molecule is OCCCNC(F)(F)F. The van der Waals surface area contributed by atoms with Gasteiger partial charge >= 0.3 is 6.30 Å². The molecule has 0 unspecified atom stereocenters. The second-order valence-electron chi connectivity index (χ2n) is 1.50. The van der Waals surface area contributed by atoms with E-state index in [0.717, 1.165) is 0 Å². The molecule has 0 aliphatic rings. The van der Waals surface area contributed by atoms with Crippen LogP contribution in [0.3, 0.4) is 0 Å². The summed E-state index contributed by atoms with van der Waals surface area (Å²) in [6, 6.07) is 0. The molecule has 0 spiro atoms. The van der Waals surface area contributed by atoms with Gasteiger partial charge in [0.05, 0.1) is 0 Å². The fraction of sp³-hybridized carbons (Fsp3) is 1.00. The highest BCUT2D eigenvalue weighted by atomic mass is 19.4. The predicted molar refractivity (Wildman–Crippen MR) is 25.8 cm³/mol. The van der Waals surface area contributed by atoms with Crippen LogP contribution in [0.25, 0.3) is 0 Å². The minimum atomic E-state index is -4.31. The first-order valence-corrected chi connectivity index (χ1v) is 2.49. The first-order valence-electron chi connectivity index (χ1n) is 2.49. The summed E-state index contributed by atoms with van der Waals surface area (Å²) in [6.07, 6.45) is -4.19. The van der Waals surface area contributed by atoms with Gasteiger partial charge in [-0.2, -0.15) is 13.2 Å². The quantitative estimate of drug-likeness (QED) is 0.445. The summed E-state index contributed by atoms with van der Waals surface area (Å²) in [5.41, 5.74) is 0. The topological polar surface area (TPSA) is 32.3 Å². The highest BCUT2D eigenvalue weighted by Crippen LogP contribution is 2.08. The largest absolute Gasteiger partial charge is 0.457 e. The average molecular weight is 143 g/mol. The average Bonchev–Trinajstić information content (AvgIpc) is 1.63. The van der Waals surface area contributed by atoms with Gasteiger partial charge in [0.2, 0.25) is 0 Å². The summed E-state index contributed by atoms with van der Waals surface area (Å²) >= 11 is 0. The van der Waals surface area contributed by atoms with Crippen molar-refractivity contribution < 1.29 is 18.3 Å². The third-order valence-electron chi connectivity index (χ3n) is 0.660. The Morgan fingerprint density at radius 1 is 1.33 bits per heavy atom. The Balaban J connectivity index is 3.07. The van der Waals surface area contributed by atoms with E-state index in [1.165, 1.54) is 5.32 Å². The number of halogens is 3. The first-order chi connectivity index (χ1) is 4.06. The fourth-order valence-corrected chi connectivity index (χ4v) is 0.309. The van der Waals surface area contributed by atoms with E-state index in [1.54, 1.807) is 0 Å². The molecule has 0 saturated heterocycles. The number of hydrogen-bond donors (Lipinski definition) is 2. The Morgan fingerprint density at radius 2 is 1.89 bits per heavy atom. The maximum absolute atomic E-state index is 11.2. The summed E-state index contributed by atoms with van der Waals surface area (Å²) in [7, 11) is 0. The van der Waals surface area contributed by atoms with E-state index in [4.69, 9.17) is 5.11 Å². The van der Waals surface area contributed by atoms with Crippen LogP contribution in [-0.4, -0.2) is 24.6 Å². The van der Waals surface area contributed by atoms with Crippen molar-refractivity contribution in [3.8, 4) is 0 Å². The molecule has 0 amide bonds. The van der Waals surface area contributed by atoms with E-state index < -0.39 is 6.30 Å². The Morgan fingerprint density at radius 3 is 2.22 bits per heavy atom.